The number of benzene rings is 2. The van der Waals surface area contributed by atoms with E-state index in [4.69, 9.17) is 0 Å². The van der Waals surface area contributed by atoms with E-state index in [2.05, 4.69) is 15.5 Å². The second-order valence-corrected chi connectivity index (χ2v) is 9.27. The molecule has 2 aromatic carbocycles. The first-order valence-corrected chi connectivity index (χ1v) is 11.6. The minimum absolute atomic E-state index is 0.0570. The highest BCUT2D eigenvalue weighted by molar-refractivity contribution is 5.88. The second-order valence-electron chi connectivity index (χ2n) is 9.27. The summed E-state index contributed by atoms with van der Waals surface area (Å²) < 4.78 is 38.9. The average molecular weight is 476 g/mol. The Balaban J connectivity index is 1.56. The summed E-state index contributed by atoms with van der Waals surface area (Å²) in [4.78, 5) is 27.6. The van der Waals surface area contributed by atoms with Crippen molar-refractivity contribution in [1.29, 1.82) is 0 Å². The summed E-state index contributed by atoms with van der Waals surface area (Å²) in [5, 5.41) is 5.92. The molecule has 8 heteroatoms. The summed E-state index contributed by atoms with van der Waals surface area (Å²) >= 11 is 0. The number of halogens is 3. The van der Waals surface area contributed by atoms with Gasteiger partial charge < -0.3 is 10.6 Å². The zero-order valence-corrected chi connectivity index (χ0v) is 19.6. The van der Waals surface area contributed by atoms with E-state index in [9.17, 15) is 22.8 Å². The predicted molar refractivity (Wildman–Crippen MR) is 125 cm³/mol. The van der Waals surface area contributed by atoms with Gasteiger partial charge in [0.1, 0.15) is 6.04 Å². The Hall–Kier alpha value is -2.87. The molecule has 5 nitrogen and oxygen atoms in total. The highest BCUT2D eigenvalue weighted by Gasteiger charge is 2.31. The van der Waals surface area contributed by atoms with Crippen molar-refractivity contribution in [3.63, 3.8) is 0 Å². The van der Waals surface area contributed by atoms with Gasteiger partial charge in [0.15, 0.2) is 0 Å². The highest BCUT2D eigenvalue weighted by Crippen LogP contribution is 2.30. The van der Waals surface area contributed by atoms with Gasteiger partial charge >= 0.3 is 6.18 Å². The van der Waals surface area contributed by atoms with Crippen LogP contribution in [0.3, 0.4) is 0 Å². The Morgan fingerprint density at radius 3 is 2.32 bits per heavy atom. The van der Waals surface area contributed by atoms with E-state index in [0.29, 0.717) is 44.5 Å². The number of piperidine rings is 1. The maximum atomic E-state index is 13.1. The lowest BCUT2D eigenvalue weighted by Crippen LogP contribution is -2.48. The molecule has 0 spiro atoms. The van der Waals surface area contributed by atoms with Crippen LogP contribution >= 0.6 is 0 Å². The van der Waals surface area contributed by atoms with Crippen LogP contribution < -0.4 is 10.6 Å². The van der Waals surface area contributed by atoms with E-state index in [0.717, 1.165) is 11.6 Å². The standard InChI is InChI=1S/C26H32F3N3O2/c1-18(2)15-23(33)31-24(20-8-4-3-5-9-20)25(34)30-22-11-13-32(14-12-22)17-19-7-6-10-21(16-19)26(27,28)29/h3-10,16,18,22,24H,11-15,17H2,1-2H3,(H,30,34)(H,31,33). The molecule has 1 aliphatic heterocycles. The number of hydrogen-bond donors (Lipinski definition) is 2. The lowest BCUT2D eigenvalue weighted by molar-refractivity contribution is -0.137. The van der Waals surface area contributed by atoms with Gasteiger partial charge in [0, 0.05) is 32.1 Å². The van der Waals surface area contributed by atoms with Gasteiger partial charge in [-0.2, -0.15) is 13.2 Å². The summed E-state index contributed by atoms with van der Waals surface area (Å²) in [6.45, 7) is 5.66. The fourth-order valence-corrected chi connectivity index (χ4v) is 4.16. The number of nitrogens with zero attached hydrogens (tertiary/aromatic N) is 1. The molecule has 1 heterocycles. The molecule has 1 fully saturated rings. The molecule has 34 heavy (non-hydrogen) atoms. The number of likely N-dealkylation sites (tertiary alicyclic amines) is 1. The third-order valence-corrected chi connectivity index (χ3v) is 5.89. The monoisotopic (exact) mass is 475 g/mol. The van der Waals surface area contributed by atoms with Crippen LogP contribution in [0, 0.1) is 5.92 Å². The van der Waals surface area contributed by atoms with E-state index in [-0.39, 0.29) is 23.8 Å². The first kappa shape index (κ1) is 25.7. The van der Waals surface area contributed by atoms with Crippen LogP contribution in [0.15, 0.2) is 54.6 Å². The minimum atomic E-state index is -4.35. The van der Waals surface area contributed by atoms with Crippen molar-refractivity contribution in [2.45, 2.75) is 57.9 Å². The van der Waals surface area contributed by atoms with Crippen LogP contribution in [0.4, 0.5) is 13.2 Å². The van der Waals surface area contributed by atoms with Gasteiger partial charge in [0.2, 0.25) is 11.8 Å². The fourth-order valence-electron chi connectivity index (χ4n) is 4.16. The van der Waals surface area contributed by atoms with E-state index in [1.165, 1.54) is 12.1 Å². The summed E-state index contributed by atoms with van der Waals surface area (Å²) in [6, 6.07) is 13.7. The van der Waals surface area contributed by atoms with Gasteiger partial charge in [0.05, 0.1) is 5.56 Å². The normalized spacial score (nSPS) is 16.3. The number of rotatable bonds is 8. The maximum Gasteiger partial charge on any atom is 0.416 e. The molecule has 1 unspecified atom stereocenters. The SMILES string of the molecule is CC(C)CC(=O)NC(C(=O)NC1CCN(Cc2cccc(C(F)(F)F)c2)CC1)c1ccccc1. The molecule has 1 saturated heterocycles. The fraction of sp³-hybridized carbons (Fsp3) is 0.462. The Labute approximate surface area is 198 Å². The van der Waals surface area contributed by atoms with Gasteiger partial charge in [-0.05, 0) is 36.0 Å². The average Bonchev–Trinajstić information content (AvgIpc) is 2.78. The second kappa shape index (κ2) is 11.5. The number of carbonyl (C=O) groups excluding carboxylic acids is 2. The van der Waals surface area contributed by atoms with Crippen molar-refractivity contribution < 1.29 is 22.8 Å². The lowest BCUT2D eigenvalue weighted by Gasteiger charge is -2.33. The van der Waals surface area contributed by atoms with Crippen LogP contribution in [-0.4, -0.2) is 35.8 Å². The van der Waals surface area contributed by atoms with E-state index < -0.39 is 17.8 Å². The van der Waals surface area contributed by atoms with E-state index in [1.807, 2.05) is 44.2 Å². The summed E-state index contributed by atoms with van der Waals surface area (Å²) in [7, 11) is 0. The van der Waals surface area contributed by atoms with Gasteiger partial charge in [-0.25, -0.2) is 0 Å². The first-order chi connectivity index (χ1) is 16.1. The Kier molecular flexibility index (Phi) is 8.72. The van der Waals surface area contributed by atoms with Crippen molar-refractivity contribution in [3.05, 3.63) is 71.3 Å². The Morgan fingerprint density at radius 1 is 1.03 bits per heavy atom. The Bertz CT molecular complexity index is 955. The summed E-state index contributed by atoms with van der Waals surface area (Å²) in [5.74, 6) is -0.241. The largest absolute Gasteiger partial charge is 0.416 e. The molecule has 3 rings (SSSR count). The molecule has 2 aromatic rings. The molecule has 2 N–H and O–H groups in total. The molecule has 1 atom stereocenters. The number of amides is 2. The van der Waals surface area contributed by atoms with Gasteiger partial charge in [-0.1, -0.05) is 62.4 Å². The molecule has 0 radical (unpaired) electrons. The van der Waals surface area contributed by atoms with Crippen molar-refractivity contribution in [2.24, 2.45) is 5.92 Å². The zero-order valence-electron chi connectivity index (χ0n) is 19.6. The van der Waals surface area contributed by atoms with Gasteiger partial charge in [-0.3, -0.25) is 14.5 Å². The topological polar surface area (TPSA) is 61.4 Å². The minimum Gasteiger partial charge on any atom is -0.351 e. The lowest BCUT2D eigenvalue weighted by atomic mass is 10.0. The summed E-state index contributed by atoms with van der Waals surface area (Å²) in [5.41, 5.74) is 0.701. The summed E-state index contributed by atoms with van der Waals surface area (Å²) in [6.07, 6.45) is -2.64. The third kappa shape index (κ3) is 7.58. The molecular formula is C26H32F3N3O2. The van der Waals surface area contributed by atoms with Crippen molar-refractivity contribution >= 4 is 11.8 Å². The first-order valence-electron chi connectivity index (χ1n) is 11.6. The maximum absolute atomic E-state index is 13.1. The smallest absolute Gasteiger partial charge is 0.351 e. The van der Waals surface area contributed by atoms with Gasteiger partial charge in [0.25, 0.3) is 0 Å². The number of alkyl halides is 3. The molecule has 0 aliphatic carbocycles. The van der Waals surface area contributed by atoms with Crippen LogP contribution in [0.1, 0.15) is 55.8 Å². The van der Waals surface area contributed by atoms with Crippen LogP contribution in [0.25, 0.3) is 0 Å². The van der Waals surface area contributed by atoms with Gasteiger partial charge in [-0.15, -0.1) is 0 Å². The molecule has 2 amide bonds. The number of hydrogen-bond acceptors (Lipinski definition) is 3. The number of nitrogens with one attached hydrogen (secondary N) is 2. The van der Waals surface area contributed by atoms with Crippen molar-refractivity contribution in [2.75, 3.05) is 13.1 Å². The van der Waals surface area contributed by atoms with Crippen LogP contribution in [0.2, 0.25) is 0 Å². The zero-order chi connectivity index (χ0) is 24.7. The molecule has 1 aliphatic rings. The Morgan fingerprint density at radius 2 is 1.71 bits per heavy atom. The quantitative estimate of drug-likeness (QED) is 0.582. The van der Waals surface area contributed by atoms with E-state index >= 15 is 0 Å². The highest BCUT2D eigenvalue weighted by atomic mass is 19.4. The molecular weight excluding hydrogens is 443 g/mol. The van der Waals surface area contributed by atoms with E-state index in [1.54, 1.807) is 6.07 Å². The van der Waals surface area contributed by atoms with Crippen molar-refractivity contribution in [3.8, 4) is 0 Å². The molecule has 0 bridgehead atoms. The third-order valence-electron chi connectivity index (χ3n) is 5.89. The van der Waals surface area contributed by atoms with Crippen molar-refractivity contribution in [1.82, 2.24) is 15.5 Å². The number of carbonyl (C=O) groups is 2. The van der Waals surface area contributed by atoms with Crippen LogP contribution in [-0.2, 0) is 22.3 Å². The molecule has 0 saturated carbocycles. The molecule has 0 aromatic heterocycles. The predicted octanol–water partition coefficient (Wildman–Crippen LogP) is 4.69. The molecule has 184 valence electrons. The van der Waals surface area contributed by atoms with Crippen LogP contribution in [0.5, 0.6) is 0 Å².